The lowest BCUT2D eigenvalue weighted by molar-refractivity contribution is -0.274. The Morgan fingerprint density at radius 1 is 1.25 bits per heavy atom. The van der Waals surface area contributed by atoms with Crippen LogP contribution < -0.4 is 15.4 Å². The third-order valence-corrected chi connectivity index (χ3v) is 5.53. The zero-order valence-electron chi connectivity index (χ0n) is 17.5. The van der Waals surface area contributed by atoms with E-state index in [1.807, 2.05) is 0 Å². The number of benzene rings is 1. The highest BCUT2D eigenvalue weighted by atomic mass is 19.4. The summed E-state index contributed by atoms with van der Waals surface area (Å²) in [5.41, 5.74) is 0.00693. The maximum Gasteiger partial charge on any atom is 0.573 e. The average molecular weight is 462 g/mol. The molecule has 1 aromatic carbocycles. The van der Waals surface area contributed by atoms with Crippen LogP contribution in [0.3, 0.4) is 0 Å². The van der Waals surface area contributed by atoms with Crippen molar-refractivity contribution in [3.05, 3.63) is 29.6 Å². The fourth-order valence-corrected chi connectivity index (χ4v) is 3.95. The van der Waals surface area contributed by atoms with Crippen LogP contribution in [0.4, 0.5) is 27.2 Å². The monoisotopic (exact) mass is 462 g/mol. The number of aliphatic hydroxyl groups excluding tert-OH is 1. The van der Waals surface area contributed by atoms with Gasteiger partial charge in [-0.25, -0.2) is 14.0 Å². The Hall–Kier alpha value is -2.76. The van der Waals surface area contributed by atoms with Gasteiger partial charge in [-0.3, -0.25) is 0 Å². The number of rotatable bonds is 6. The number of hydrogen-bond donors (Lipinski definition) is 3. The number of amides is 4. The van der Waals surface area contributed by atoms with Crippen LogP contribution in [0, 0.1) is 11.7 Å². The Bertz CT molecular complexity index is 834. The van der Waals surface area contributed by atoms with E-state index in [0.717, 1.165) is 25.0 Å². The molecule has 32 heavy (non-hydrogen) atoms. The number of hydrogen-bond acceptors (Lipinski definition) is 4. The number of carbonyl (C=O) groups is 2. The Kier molecular flexibility index (Phi) is 7.32. The highest BCUT2D eigenvalue weighted by molar-refractivity contribution is 5.76. The molecule has 4 amide bonds. The summed E-state index contributed by atoms with van der Waals surface area (Å²) in [6, 6.07) is 1.62. The van der Waals surface area contributed by atoms with Gasteiger partial charge < -0.3 is 30.3 Å². The van der Waals surface area contributed by atoms with Crippen molar-refractivity contribution >= 4 is 12.1 Å². The van der Waals surface area contributed by atoms with Gasteiger partial charge in [0.05, 0.1) is 6.04 Å². The maximum absolute atomic E-state index is 14.2. The zero-order valence-corrected chi connectivity index (χ0v) is 17.5. The Morgan fingerprint density at radius 3 is 2.53 bits per heavy atom. The number of piperidine rings is 1. The van der Waals surface area contributed by atoms with Gasteiger partial charge in [-0.1, -0.05) is 6.07 Å². The van der Waals surface area contributed by atoms with Crippen LogP contribution in [-0.2, 0) is 6.54 Å². The van der Waals surface area contributed by atoms with Crippen LogP contribution in [-0.4, -0.2) is 72.2 Å². The molecule has 12 heteroatoms. The Morgan fingerprint density at radius 2 is 1.97 bits per heavy atom. The highest BCUT2D eigenvalue weighted by Crippen LogP contribution is 2.33. The number of likely N-dealkylation sites (tertiary alicyclic amines) is 1. The van der Waals surface area contributed by atoms with Crippen molar-refractivity contribution in [3.63, 3.8) is 0 Å². The summed E-state index contributed by atoms with van der Waals surface area (Å²) in [5, 5.41) is 14.8. The van der Waals surface area contributed by atoms with Gasteiger partial charge in [0.25, 0.3) is 0 Å². The first-order chi connectivity index (χ1) is 15.1. The molecule has 1 aliphatic carbocycles. The van der Waals surface area contributed by atoms with Crippen molar-refractivity contribution in [1.29, 1.82) is 0 Å². The topological polar surface area (TPSA) is 94.1 Å². The number of halogens is 4. The molecule has 1 heterocycles. The van der Waals surface area contributed by atoms with E-state index in [1.165, 1.54) is 7.05 Å². The van der Waals surface area contributed by atoms with Crippen molar-refractivity contribution in [2.75, 3.05) is 26.7 Å². The number of urea groups is 2. The van der Waals surface area contributed by atoms with Crippen LogP contribution in [0.2, 0.25) is 0 Å². The van der Waals surface area contributed by atoms with E-state index in [4.69, 9.17) is 0 Å². The normalized spacial score (nSPS) is 21.1. The Balaban J connectivity index is 1.66. The lowest BCUT2D eigenvalue weighted by Gasteiger charge is -2.42. The molecule has 2 fully saturated rings. The molecule has 3 N–H and O–H groups in total. The van der Waals surface area contributed by atoms with Crippen molar-refractivity contribution in [3.8, 4) is 5.75 Å². The van der Waals surface area contributed by atoms with E-state index < -0.39 is 24.0 Å². The summed E-state index contributed by atoms with van der Waals surface area (Å²) >= 11 is 0. The highest BCUT2D eigenvalue weighted by Gasteiger charge is 2.41. The molecule has 8 nitrogen and oxygen atoms in total. The lowest BCUT2D eigenvalue weighted by Crippen LogP contribution is -2.58. The lowest BCUT2D eigenvalue weighted by atomic mass is 9.94. The second-order valence-electron chi connectivity index (χ2n) is 8.00. The van der Waals surface area contributed by atoms with E-state index in [2.05, 4.69) is 15.4 Å². The second-order valence-corrected chi connectivity index (χ2v) is 8.00. The van der Waals surface area contributed by atoms with Gasteiger partial charge in [-0.05, 0) is 25.3 Å². The molecule has 1 saturated heterocycles. The number of nitrogens with one attached hydrogen (secondary N) is 2. The molecule has 1 aromatic rings. The van der Waals surface area contributed by atoms with Crippen molar-refractivity contribution in [2.45, 2.75) is 44.3 Å². The van der Waals surface area contributed by atoms with E-state index in [0.29, 0.717) is 25.6 Å². The molecule has 1 aliphatic heterocycles. The van der Waals surface area contributed by atoms with E-state index >= 15 is 0 Å². The van der Waals surface area contributed by atoms with E-state index in [9.17, 15) is 32.3 Å². The van der Waals surface area contributed by atoms with Gasteiger partial charge in [0.1, 0.15) is 11.6 Å². The summed E-state index contributed by atoms with van der Waals surface area (Å²) in [7, 11) is 1.50. The molecule has 2 atom stereocenters. The summed E-state index contributed by atoms with van der Waals surface area (Å²) in [6.07, 6.45) is -2.81. The van der Waals surface area contributed by atoms with Gasteiger partial charge in [-0.2, -0.15) is 0 Å². The molecule has 0 spiro atoms. The summed E-state index contributed by atoms with van der Waals surface area (Å²) < 4.78 is 54.7. The van der Waals surface area contributed by atoms with E-state index in [1.54, 1.807) is 9.80 Å². The van der Waals surface area contributed by atoms with Crippen molar-refractivity contribution in [2.24, 2.45) is 5.92 Å². The molecule has 2 aliphatic rings. The Labute approximate surface area is 182 Å². The van der Waals surface area contributed by atoms with E-state index in [-0.39, 0.29) is 42.7 Å². The smallest absolute Gasteiger partial charge is 0.406 e. The van der Waals surface area contributed by atoms with Gasteiger partial charge >= 0.3 is 18.4 Å². The predicted octanol–water partition coefficient (Wildman–Crippen LogP) is 2.42. The predicted molar refractivity (Wildman–Crippen MR) is 105 cm³/mol. The molecule has 2 unspecified atom stereocenters. The summed E-state index contributed by atoms with van der Waals surface area (Å²) in [5.74, 6) is -1.80. The molecular formula is C20H26F4N4O4. The molecular weight excluding hydrogens is 436 g/mol. The minimum Gasteiger partial charge on any atom is -0.406 e. The van der Waals surface area contributed by atoms with Crippen LogP contribution in [0.5, 0.6) is 5.75 Å². The van der Waals surface area contributed by atoms with Gasteiger partial charge in [0.2, 0.25) is 0 Å². The first-order valence-corrected chi connectivity index (χ1v) is 10.3. The zero-order chi connectivity index (χ0) is 23.5. The standard InChI is InChI=1S/C20H26F4N4O4/c1-25-18(30)27-9-12(11-29)6-15(10-27)28(14-3-4-14)19(31)26-8-13-2-5-16(7-17(13)21)32-20(22,23)24/h2,5,7,12,14-15,29H,3-4,6,8-11H2,1H3,(H,25,30)(H,26,31). The van der Waals surface area contributed by atoms with Crippen molar-refractivity contribution < 1.29 is 37.0 Å². The third-order valence-electron chi connectivity index (χ3n) is 5.53. The van der Waals surface area contributed by atoms with Crippen LogP contribution in [0.25, 0.3) is 0 Å². The number of ether oxygens (including phenoxy) is 1. The second kappa shape index (κ2) is 9.80. The van der Waals surface area contributed by atoms with Crippen LogP contribution in [0.1, 0.15) is 24.8 Å². The molecule has 178 valence electrons. The number of carbonyl (C=O) groups excluding carboxylic acids is 2. The van der Waals surface area contributed by atoms with Gasteiger partial charge in [0, 0.05) is 56.9 Å². The molecule has 1 saturated carbocycles. The summed E-state index contributed by atoms with van der Waals surface area (Å²) in [4.78, 5) is 28.2. The fourth-order valence-electron chi connectivity index (χ4n) is 3.95. The minimum atomic E-state index is -4.93. The van der Waals surface area contributed by atoms with Crippen molar-refractivity contribution in [1.82, 2.24) is 20.4 Å². The van der Waals surface area contributed by atoms with Crippen LogP contribution in [0.15, 0.2) is 18.2 Å². The number of aliphatic hydroxyl groups is 1. The maximum atomic E-state index is 14.2. The first kappa shape index (κ1) is 23.9. The largest absolute Gasteiger partial charge is 0.573 e. The molecule has 3 rings (SSSR count). The minimum absolute atomic E-state index is 0.00693. The molecule has 0 aromatic heterocycles. The average Bonchev–Trinajstić information content (AvgIpc) is 3.56. The summed E-state index contributed by atoms with van der Waals surface area (Å²) in [6.45, 7) is 0.333. The van der Waals surface area contributed by atoms with Gasteiger partial charge in [0.15, 0.2) is 0 Å². The molecule has 0 radical (unpaired) electrons. The molecule has 0 bridgehead atoms. The SMILES string of the molecule is CNC(=O)N1CC(CO)CC(N(C(=O)NCc2ccc(OC(F)(F)F)cc2F)C2CC2)C1. The number of alkyl halides is 3. The van der Waals surface area contributed by atoms with Gasteiger partial charge in [-0.15, -0.1) is 13.2 Å². The third kappa shape index (κ3) is 6.15. The van der Waals surface area contributed by atoms with Crippen LogP contribution >= 0.6 is 0 Å². The first-order valence-electron chi connectivity index (χ1n) is 10.3. The quantitative estimate of drug-likeness (QED) is 0.566. The number of nitrogens with zero attached hydrogens (tertiary/aromatic N) is 2. The fraction of sp³-hybridized carbons (Fsp3) is 0.600.